The van der Waals surface area contributed by atoms with Gasteiger partial charge in [0.25, 0.3) is 5.91 Å². The van der Waals surface area contributed by atoms with Gasteiger partial charge in [-0.15, -0.1) is 0 Å². The number of nitrogens with one attached hydrogen (secondary N) is 2. The largest absolute Gasteiger partial charge is 0.508 e. The summed E-state index contributed by atoms with van der Waals surface area (Å²) in [5, 5.41) is 27.3. The van der Waals surface area contributed by atoms with Gasteiger partial charge in [-0.1, -0.05) is 55.0 Å². The zero-order valence-corrected chi connectivity index (χ0v) is 29.3. The predicted octanol–water partition coefficient (Wildman–Crippen LogP) is 4.85. The highest BCUT2D eigenvalue weighted by Crippen LogP contribution is 2.45. The number of likely N-dealkylation sites (tertiary alicyclic amines) is 1. The van der Waals surface area contributed by atoms with E-state index in [1.165, 1.54) is 24.8 Å². The lowest BCUT2D eigenvalue weighted by Gasteiger charge is -2.42. The predicted molar refractivity (Wildman–Crippen MR) is 194 cm³/mol. The van der Waals surface area contributed by atoms with Crippen molar-refractivity contribution >= 4 is 17.5 Å². The fourth-order valence-electron chi connectivity index (χ4n) is 7.48. The van der Waals surface area contributed by atoms with Crippen molar-refractivity contribution in [2.24, 2.45) is 5.92 Å². The third-order valence-electron chi connectivity index (χ3n) is 10.8. The van der Waals surface area contributed by atoms with Crippen LogP contribution in [0.1, 0.15) is 60.8 Å². The summed E-state index contributed by atoms with van der Waals surface area (Å²) >= 11 is 0. The lowest BCUT2D eigenvalue weighted by atomic mass is 9.67. The van der Waals surface area contributed by atoms with E-state index in [9.17, 15) is 19.8 Å². The van der Waals surface area contributed by atoms with Gasteiger partial charge < -0.3 is 40.1 Å². The Balaban J connectivity index is 0.968. The Labute approximate surface area is 295 Å². The first kappa shape index (κ1) is 35.7. The normalized spacial score (nSPS) is 17.3. The molecule has 0 bridgehead atoms. The fraction of sp³-hybridized carbons (Fsp3) is 0.500. The third kappa shape index (κ3) is 8.60. The van der Waals surface area contributed by atoms with E-state index in [-0.39, 0.29) is 29.6 Å². The molecule has 0 spiro atoms. The fourth-order valence-corrected chi connectivity index (χ4v) is 7.48. The van der Waals surface area contributed by atoms with E-state index in [4.69, 9.17) is 9.47 Å². The summed E-state index contributed by atoms with van der Waals surface area (Å²) in [4.78, 5) is 29.3. The molecule has 2 amide bonds. The number of anilines is 1. The number of fused-ring (bicyclic) bond motifs is 1. The van der Waals surface area contributed by atoms with E-state index < -0.39 is 0 Å². The Morgan fingerprint density at radius 3 is 2.56 bits per heavy atom. The number of hydrogen-bond donors (Lipinski definition) is 4. The van der Waals surface area contributed by atoms with E-state index >= 15 is 0 Å². The van der Waals surface area contributed by atoms with Gasteiger partial charge in [-0.2, -0.15) is 0 Å². The first-order valence-corrected chi connectivity index (χ1v) is 18.2. The molecule has 1 saturated carbocycles. The van der Waals surface area contributed by atoms with Crippen LogP contribution in [0.3, 0.4) is 0 Å². The van der Waals surface area contributed by atoms with Gasteiger partial charge in [0.05, 0.1) is 19.6 Å². The zero-order chi connectivity index (χ0) is 34.9. The minimum absolute atomic E-state index is 0.00635. The molecule has 2 heterocycles. The molecular formula is C40H52N4O6. The van der Waals surface area contributed by atoms with Gasteiger partial charge in [-0.25, -0.2) is 0 Å². The second kappa shape index (κ2) is 16.7. The maximum Gasteiger partial charge on any atom is 0.262 e. The molecule has 3 aliphatic rings. The summed E-state index contributed by atoms with van der Waals surface area (Å²) in [7, 11) is 2.16. The molecule has 2 aliphatic heterocycles. The highest BCUT2D eigenvalue weighted by atomic mass is 16.5. The number of nitrogens with zero attached hydrogens (tertiary/aromatic N) is 2. The molecule has 268 valence electrons. The van der Waals surface area contributed by atoms with Gasteiger partial charge in [0.15, 0.2) is 12.4 Å². The van der Waals surface area contributed by atoms with Crippen molar-refractivity contribution in [2.75, 3.05) is 71.5 Å². The van der Waals surface area contributed by atoms with Crippen molar-refractivity contribution in [1.82, 2.24) is 15.1 Å². The second-order valence-electron chi connectivity index (χ2n) is 14.1. The number of carbonyl (C=O) groups is 2. The Morgan fingerprint density at radius 2 is 1.80 bits per heavy atom. The smallest absolute Gasteiger partial charge is 0.262 e. The van der Waals surface area contributed by atoms with Crippen LogP contribution in [-0.2, 0) is 32.6 Å². The first-order chi connectivity index (χ1) is 24.3. The molecule has 2 fully saturated rings. The van der Waals surface area contributed by atoms with Crippen LogP contribution >= 0.6 is 0 Å². The number of hydrogen-bond acceptors (Lipinski definition) is 8. The minimum atomic E-state index is -0.281. The molecular weight excluding hydrogens is 632 g/mol. The van der Waals surface area contributed by atoms with Crippen LogP contribution in [0, 0.1) is 5.92 Å². The average Bonchev–Trinajstić information content (AvgIpc) is 3.11. The number of piperidine rings is 1. The summed E-state index contributed by atoms with van der Waals surface area (Å²) in [5.74, 6) is 1.27. The maximum atomic E-state index is 13.3. The number of amides is 2. The summed E-state index contributed by atoms with van der Waals surface area (Å²) in [6.07, 6.45) is 7.20. The van der Waals surface area contributed by atoms with Crippen LogP contribution in [0.25, 0.3) is 0 Å². The highest BCUT2D eigenvalue weighted by molar-refractivity contribution is 5.97. The van der Waals surface area contributed by atoms with Gasteiger partial charge in [0.1, 0.15) is 17.2 Å². The summed E-state index contributed by atoms with van der Waals surface area (Å²) < 4.78 is 11.6. The molecule has 4 N–H and O–H groups in total. The van der Waals surface area contributed by atoms with Crippen molar-refractivity contribution in [3.63, 3.8) is 0 Å². The van der Waals surface area contributed by atoms with Crippen molar-refractivity contribution in [2.45, 2.75) is 56.8 Å². The highest BCUT2D eigenvalue weighted by Gasteiger charge is 2.39. The average molecular weight is 685 g/mol. The van der Waals surface area contributed by atoms with Crippen LogP contribution in [0.5, 0.6) is 17.2 Å². The topological polar surface area (TPSA) is 124 Å². The first-order valence-electron chi connectivity index (χ1n) is 18.2. The number of rotatable bonds is 16. The molecule has 1 saturated heterocycles. The number of benzene rings is 3. The monoisotopic (exact) mass is 684 g/mol. The quantitative estimate of drug-likeness (QED) is 0.125. The van der Waals surface area contributed by atoms with Crippen molar-refractivity contribution in [3.8, 4) is 17.2 Å². The van der Waals surface area contributed by atoms with Crippen LogP contribution in [-0.4, -0.2) is 98.0 Å². The Hall–Kier alpha value is -4.12. The Kier molecular flexibility index (Phi) is 11.9. The maximum absolute atomic E-state index is 13.3. The SMILES string of the molecule is CN1CCC(c2ccccc2)(c2cc(CCOCCC(=O)N(CCNCCc3ccc(O)c4c3OCC(=O)N4)CC3CCC3)ccc2O)CC1. The third-order valence-corrected chi connectivity index (χ3v) is 10.8. The second-order valence-corrected chi connectivity index (χ2v) is 14.1. The standard InChI is InChI=1S/C40H52N4O6/c1-43-21-17-40(18-22-43,32-8-3-2-4-9-32)33-26-29(10-12-34(33)45)15-24-49-25-16-37(48)44(27-30-6-5-7-30)23-20-41-19-14-31-11-13-35(46)38-39(31)50-28-36(47)42-38/h2-4,8-13,26,30,41,45-46H,5-7,14-25,27-28H2,1H3,(H,42,47). The van der Waals surface area contributed by atoms with Gasteiger partial charge in [-0.05, 0) is 99.9 Å². The van der Waals surface area contributed by atoms with E-state index in [2.05, 4.69) is 52.9 Å². The molecule has 0 atom stereocenters. The van der Waals surface area contributed by atoms with Crippen LogP contribution in [0.4, 0.5) is 5.69 Å². The molecule has 1 aliphatic carbocycles. The Bertz CT molecular complexity index is 1600. The molecule has 10 nitrogen and oxygen atoms in total. The zero-order valence-electron chi connectivity index (χ0n) is 29.3. The van der Waals surface area contributed by atoms with Crippen LogP contribution in [0.15, 0.2) is 60.7 Å². The number of aromatic hydroxyl groups is 2. The lowest BCUT2D eigenvalue weighted by Crippen LogP contribution is -2.42. The molecule has 0 radical (unpaired) electrons. The lowest BCUT2D eigenvalue weighted by molar-refractivity contribution is -0.133. The number of phenolic OH excluding ortho intramolecular Hbond substituents is 2. The minimum Gasteiger partial charge on any atom is -0.508 e. The van der Waals surface area contributed by atoms with Gasteiger partial charge >= 0.3 is 0 Å². The summed E-state index contributed by atoms with van der Waals surface area (Å²) in [5.41, 5.74) is 4.38. The van der Waals surface area contributed by atoms with E-state index in [0.717, 1.165) is 49.2 Å². The van der Waals surface area contributed by atoms with Crippen LogP contribution < -0.4 is 15.4 Å². The van der Waals surface area contributed by atoms with Crippen molar-refractivity contribution in [1.29, 1.82) is 0 Å². The van der Waals surface area contributed by atoms with E-state index in [1.54, 1.807) is 6.07 Å². The molecule has 6 rings (SSSR count). The Morgan fingerprint density at radius 1 is 1.02 bits per heavy atom. The van der Waals surface area contributed by atoms with Crippen molar-refractivity contribution < 1.29 is 29.3 Å². The van der Waals surface area contributed by atoms with Gasteiger partial charge in [0.2, 0.25) is 5.91 Å². The van der Waals surface area contributed by atoms with Crippen LogP contribution in [0.2, 0.25) is 0 Å². The molecule has 50 heavy (non-hydrogen) atoms. The summed E-state index contributed by atoms with van der Waals surface area (Å²) in [6, 6.07) is 19.9. The molecule has 10 heteroatoms. The molecule has 3 aromatic carbocycles. The van der Waals surface area contributed by atoms with E-state index in [1.807, 2.05) is 29.2 Å². The number of ether oxygens (including phenoxy) is 2. The van der Waals surface area contributed by atoms with Gasteiger partial charge in [-0.3, -0.25) is 9.59 Å². The summed E-state index contributed by atoms with van der Waals surface area (Å²) in [6.45, 7) is 5.53. The number of carbonyl (C=O) groups excluding carboxylic acids is 2. The molecule has 0 unspecified atom stereocenters. The van der Waals surface area contributed by atoms with Crippen molar-refractivity contribution in [3.05, 3.63) is 82.9 Å². The molecule has 3 aromatic rings. The van der Waals surface area contributed by atoms with Gasteiger partial charge in [0, 0.05) is 30.6 Å². The molecule has 0 aromatic heterocycles. The van der Waals surface area contributed by atoms with E-state index in [0.29, 0.717) is 75.2 Å². The number of phenols is 2.